The number of urea groups is 1. The fourth-order valence-electron chi connectivity index (χ4n) is 3.98. The van der Waals surface area contributed by atoms with E-state index < -0.39 is 17.7 Å². The quantitative estimate of drug-likeness (QED) is 0.566. The second kappa shape index (κ2) is 10.0. The van der Waals surface area contributed by atoms with Crippen molar-refractivity contribution >= 4 is 11.8 Å². The molecule has 2 unspecified atom stereocenters. The first kappa shape index (κ1) is 22.7. The maximum Gasteiger partial charge on any atom is 0.320 e. The molecule has 3 aromatic rings. The number of hydrogen-bond acceptors (Lipinski definition) is 6. The number of carbonyl (C=O) groups is 1. The van der Waals surface area contributed by atoms with E-state index in [0.29, 0.717) is 49.0 Å². The van der Waals surface area contributed by atoms with Crippen LogP contribution in [0.2, 0.25) is 0 Å². The Balaban J connectivity index is 1.47. The second-order valence-corrected chi connectivity index (χ2v) is 7.87. The highest BCUT2D eigenvalue weighted by Gasteiger charge is 2.35. The van der Waals surface area contributed by atoms with E-state index in [1.165, 1.54) is 10.7 Å². The molecule has 4 rings (SSSR count). The number of amides is 2. The summed E-state index contributed by atoms with van der Waals surface area (Å²) in [7, 11) is 3.33. The smallest absolute Gasteiger partial charge is 0.320 e. The van der Waals surface area contributed by atoms with Gasteiger partial charge in [-0.2, -0.15) is 5.10 Å². The fraction of sp³-hybridized carbons (Fsp3) is 0.364. The van der Waals surface area contributed by atoms with Crippen molar-refractivity contribution in [3.63, 3.8) is 0 Å². The normalized spacial score (nSPS) is 18.4. The van der Waals surface area contributed by atoms with Gasteiger partial charge in [-0.1, -0.05) is 6.07 Å². The highest BCUT2D eigenvalue weighted by molar-refractivity contribution is 5.89. The van der Waals surface area contributed by atoms with E-state index in [1.807, 2.05) is 0 Å². The molecule has 174 valence electrons. The minimum Gasteiger partial charge on any atom is -0.383 e. The van der Waals surface area contributed by atoms with Crippen LogP contribution < -0.4 is 10.6 Å². The highest BCUT2D eigenvalue weighted by atomic mass is 19.2. The molecule has 2 amide bonds. The molecule has 0 bridgehead atoms. The molecule has 33 heavy (non-hydrogen) atoms. The number of rotatable bonds is 7. The fourth-order valence-corrected chi connectivity index (χ4v) is 3.98. The van der Waals surface area contributed by atoms with Crippen molar-refractivity contribution in [3.8, 4) is 11.4 Å². The number of likely N-dealkylation sites (tertiary alicyclic amines) is 1. The first-order chi connectivity index (χ1) is 15.9. The molecular formula is C22H25F2N7O2. The predicted molar refractivity (Wildman–Crippen MR) is 118 cm³/mol. The van der Waals surface area contributed by atoms with Gasteiger partial charge in [-0.15, -0.1) is 0 Å². The van der Waals surface area contributed by atoms with Gasteiger partial charge in [0.15, 0.2) is 11.6 Å². The molecule has 1 aliphatic rings. The van der Waals surface area contributed by atoms with Crippen LogP contribution in [-0.2, 0) is 11.8 Å². The lowest BCUT2D eigenvalue weighted by atomic mass is 9.94. The molecule has 1 aliphatic heterocycles. The van der Waals surface area contributed by atoms with Gasteiger partial charge in [0.05, 0.1) is 18.8 Å². The Morgan fingerprint density at radius 3 is 2.76 bits per heavy atom. The standard InChI is InChI=1S/C22H25F2N7O2/c1-30-21(10-18(29-30)19-11-25-5-6-26-19)28-22(32)27-20-13-31(7-8-33-2)12-15(20)14-3-4-16(23)17(24)9-14/h3-6,9-11,15,20H,7-8,12-13H2,1-2H3,(H2,27,28,32). The number of ether oxygens (including phenoxy) is 1. The number of methoxy groups -OCH3 is 1. The third kappa shape index (κ3) is 5.32. The molecular weight excluding hydrogens is 432 g/mol. The monoisotopic (exact) mass is 457 g/mol. The summed E-state index contributed by atoms with van der Waals surface area (Å²) in [5.41, 5.74) is 1.79. The van der Waals surface area contributed by atoms with Crippen molar-refractivity contribution in [1.29, 1.82) is 0 Å². The summed E-state index contributed by atoms with van der Waals surface area (Å²) in [6, 6.07) is 4.85. The van der Waals surface area contributed by atoms with E-state index in [2.05, 4.69) is 30.6 Å². The SMILES string of the molecule is COCCN1CC(NC(=O)Nc2cc(-c3cnccn3)nn2C)C(c2ccc(F)c(F)c2)C1. The Hall–Kier alpha value is -3.44. The zero-order valence-corrected chi connectivity index (χ0v) is 18.3. The number of carbonyl (C=O) groups excluding carboxylic acids is 1. The largest absolute Gasteiger partial charge is 0.383 e. The summed E-state index contributed by atoms with van der Waals surface area (Å²) in [5.74, 6) is -1.53. The van der Waals surface area contributed by atoms with Gasteiger partial charge in [0.2, 0.25) is 0 Å². The molecule has 2 aromatic heterocycles. The topological polar surface area (TPSA) is 97.2 Å². The minimum atomic E-state index is -0.905. The summed E-state index contributed by atoms with van der Waals surface area (Å²) < 4.78 is 34.0. The van der Waals surface area contributed by atoms with Crippen molar-refractivity contribution in [1.82, 2.24) is 30.0 Å². The van der Waals surface area contributed by atoms with Crippen LogP contribution in [0, 0.1) is 11.6 Å². The molecule has 2 N–H and O–H groups in total. The lowest BCUT2D eigenvalue weighted by molar-refractivity contribution is 0.159. The zero-order chi connectivity index (χ0) is 23.4. The Morgan fingerprint density at radius 2 is 2.03 bits per heavy atom. The third-order valence-corrected chi connectivity index (χ3v) is 5.64. The number of halogens is 2. The van der Waals surface area contributed by atoms with Crippen molar-refractivity contribution in [2.75, 3.05) is 38.7 Å². The van der Waals surface area contributed by atoms with E-state index in [4.69, 9.17) is 4.74 Å². The van der Waals surface area contributed by atoms with E-state index in [9.17, 15) is 13.6 Å². The number of aryl methyl sites for hydroxylation is 1. The maximum atomic E-state index is 13.9. The average molecular weight is 457 g/mol. The van der Waals surface area contributed by atoms with Crippen molar-refractivity contribution in [3.05, 3.63) is 60.1 Å². The molecule has 0 spiro atoms. The number of nitrogens with zero attached hydrogens (tertiary/aromatic N) is 5. The van der Waals surface area contributed by atoms with E-state index in [1.54, 1.807) is 44.9 Å². The van der Waals surface area contributed by atoms with Gasteiger partial charge in [-0.25, -0.2) is 13.6 Å². The molecule has 2 atom stereocenters. The predicted octanol–water partition coefficient (Wildman–Crippen LogP) is 2.39. The second-order valence-electron chi connectivity index (χ2n) is 7.87. The lowest BCUT2D eigenvalue weighted by Crippen LogP contribution is -2.42. The molecule has 0 aliphatic carbocycles. The van der Waals surface area contributed by atoms with Crippen molar-refractivity contribution < 1.29 is 18.3 Å². The molecule has 1 aromatic carbocycles. The Morgan fingerprint density at radius 1 is 1.18 bits per heavy atom. The summed E-state index contributed by atoms with van der Waals surface area (Å²) >= 11 is 0. The van der Waals surface area contributed by atoms with Gasteiger partial charge < -0.3 is 10.1 Å². The summed E-state index contributed by atoms with van der Waals surface area (Å²) in [4.78, 5) is 23.2. The van der Waals surface area contributed by atoms with Gasteiger partial charge in [-0.3, -0.25) is 24.9 Å². The molecule has 11 heteroatoms. The molecule has 0 radical (unpaired) electrons. The molecule has 0 saturated carbocycles. The number of nitrogens with one attached hydrogen (secondary N) is 2. The van der Waals surface area contributed by atoms with Crippen LogP contribution in [0.4, 0.5) is 19.4 Å². The van der Waals surface area contributed by atoms with E-state index in [0.717, 1.165) is 6.07 Å². The first-order valence-electron chi connectivity index (χ1n) is 10.5. The third-order valence-electron chi connectivity index (χ3n) is 5.64. The van der Waals surface area contributed by atoms with Crippen LogP contribution in [0.5, 0.6) is 0 Å². The lowest BCUT2D eigenvalue weighted by Gasteiger charge is -2.20. The summed E-state index contributed by atoms with van der Waals surface area (Å²) in [6.45, 7) is 2.34. The van der Waals surface area contributed by atoms with Gasteiger partial charge in [-0.05, 0) is 17.7 Å². The molecule has 3 heterocycles. The van der Waals surface area contributed by atoms with Crippen LogP contribution in [0.15, 0.2) is 42.9 Å². The van der Waals surface area contributed by atoms with E-state index in [-0.39, 0.29) is 12.0 Å². The van der Waals surface area contributed by atoms with Gasteiger partial charge in [0.1, 0.15) is 17.2 Å². The van der Waals surface area contributed by atoms with Crippen molar-refractivity contribution in [2.45, 2.75) is 12.0 Å². The van der Waals surface area contributed by atoms with Crippen molar-refractivity contribution in [2.24, 2.45) is 7.05 Å². The Bertz CT molecular complexity index is 1110. The Labute approximate surface area is 189 Å². The van der Waals surface area contributed by atoms with Crippen LogP contribution in [0.1, 0.15) is 11.5 Å². The molecule has 9 nitrogen and oxygen atoms in total. The number of anilines is 1. The molecule has 1 saturated heterocycles. The number of benzene rings is 1. The highest BCUT2D eigenvalue weighted by Crippen LogP contribution is 2.29. The summed E-state index contributed by atoms with van der Waals surface area (Å²) in [5, 5.41) is 10.1. The van der Waals surface area contributed by atoms with Crippen LogP contribution in [0.25, 0.3) is 11.4 Å². The first-order valence-corrected chi connectivity index (χ1v) is 10.5. The van der Waals surface area contributed by atoms with Gasteiger partial charge in [0.25, 0.3) is 0 Å². The summed E-state index contributed by atoms with van der Waals surface area (Å²) in [6.07, 6.45) is 4.73. The van der Waals surface area contributed by atoms with Crippen LogP contribution in [-0.4, -0.2) is 70.1 Å². The Kier molecular flexibility index (Phi) is 6.90. The number of hydrogen-bond donors (Lipinski definition) is 2. The van der Waals surface area contributed by atoms with Gasteiger partial charge >= 0.3 is 6.03 Å². The van der Waals surface area contributed by atoms with E-state index >= 15 is 0 Å². The molecule has 1 fully saturated rings. The minimum absolute atomic E-state index is 0.204. The average Bonchev–Trinajstić information content (AvgIpc) is 3.38. The maximum absolute atomic E-state index is 13.9. The number of aromatic nitrogens is 4. The van der Waals surface area contributed by atoms with Gasteiger partial charge in [0, 0.05) is 58.2 Å². The zero-order valence-electron chi connectivity index (χ0n) is 18.3. The van der Waals surface area contributed by atoms with Crippen LogP contribution >= 0.6 is 0 Å². The van der Waals surface area contributed by atoms with Crippen LogP contribution in [0.3, 0.4) is 0 Å².